The molecular formula is C26H24Cl2N2O3S. The highest BCUT2D eigenvalue weighted by molar-refractivity contribution is 7.10. The number of halogens is 2. The van der Waals surface area contributed by atoms with Crippen LogP contribution in [-0.2, 0) is 16.0 Å². The third-order valence-electron chi connectivity index (χ3n) is 5.68. The van der Waals surface area contributed by atoms with Crippen molar-refractivity contribution >= 4 is 46.4 Å². The predicted molar refractivity (Wildman–Crippen MR) is 137 cm³/mol. The number of carbonyl (C=O) groups excluding carboxylic acids is 2. The summed E-state index contributed by atoms with van der Waals surface area (Å²) in [7, 11) is 0. The van der Waals surface area contributed by atoms with E-state index in [1.807, 2.05) is 35.7 Å². The Bertz CT molecular complexity index is 1180. The van der Waals surface area contributed by atoms with Crippen molar-refractivity contribution in [2.45, 2.75) is 12.5 Å². The van der Waals surface area contributed by atoms with Crippen LogP contribution in [0.1, 0.15) is 22.0 Å². The molecule has 8 heteroatoms. The number of hydrogen-bond acceptors (Lipinski definition) is 4. The smallest absolute Gasteiger partial charge is 0.261 e. The van der Waals surface area contributed by atoms with Gasteiger partial charge < -0.3 is 14.5 Å². The molecule has 0 radical (unpaired) electrons. The van der Waals surface area contributed by atoms with Crippen molar-refractivity contribution in [3.05, 3.63) is 98.7 Å². The molecule has 176 valence electrons. The van der Waals surface area contributed by atoms with Crippen LogP contribution in [0.25, 0.3) is 0 Å². The number of fused-ring (bicyclic) bond motifs is 1. The van der Waals surface area contributed by atoms with Gasteiger partial charge in [0.1, 0.15) is 12.3 Å². The molecule has 2 heterocycles. The summed E-state index contributed by atoms with van der Waals surface area (Å²) in [6.45, 7) is 4.28. The van der Waals surface area contributed by atoms with Crippen molar-refractivity contribution in [3.63, 3.8) is 0 Å². The highest BCUT2D eigenvalue weighted by atomic mass is 35.5. The Morgan fingerprint density at radius 3 is 2.68 bits per heavy atom. The molecule has 0 spiro atoms. The fourth-order valence-electron chi connectivity index (χ4n) is 4.06. The number of amides is 2. The zero-order chi connectivity index (χ0) is 24.1. The standard InChI is InChI=1S/C26H24Cl2N2O3S/c1-2-12-29(25(32)17-33-19-6-4-3-5-7-19)16-24(31)30-13-10-23-21(11-14-34-23)26(30)20-9-8-18(27)15-22(20)28/h2-9,11,14-15,26H,1,10,12-13,16-17H2. The van der Waals surface area contributed by atoms with E-state index in [0.717, 1.165) is 17.5 Å². The zero-order valence-corrected chi connectivity index (χ0v) is 20.8. The van der Waals surface area contributed by atoms with Crippen LogP contribution in [0.15, 0.2) is 72.6 Å². The molecule has 2 aromatic carbocycles. The van der Waals surface area contributed by atoms with Gasteiger partial charge in [0.25, 0.3) is 5.91 Å². The second-order valence-corrected chi connectivity index (χ2v) is 9.71. The minimum absolute atomic E-state index is 0.0792. The number of nitrogens with zero attached hydrogens (tertiary/aromatic N) is 2. The Morgan fingerprint density at radius 1 is 1.15 bits per heavy atom. The molecule has 5 nitrogen and oxygen atoms in total. The lowest BCUT2D eigenvalue weighted by Crippen LogP contribution is -2.47. The minimum atomic E-state index is -0.339. The quantitative estimate of drug-likeness (QED) is 0.366. The molecule has 0 aliphatic carbocycles. The van der Waals surface area contributed by atoms with Crippen LogP contribution in [0.2, 0.25) is 10.0 Å². The molecule has 1 aliphatic heterocycles. The lowest BCUT2D eigenvalue weighted by molar-refractivity contribution is -0.142. The Morgan fingerprint density at radius 2 is 1.94 bits per heavy atom. The van der Waals surface area contributed by atoms with Crippen molar-refractivity contribution in [1.82, 2.24) is 9.80 Å². The largest absolute Gasteiger partial charge is 0.484 e. The number of carbonyl (C=O) groups is 2. The van der Waals surface area contributed by atoms with E-state index in [1.54, 1.807) is 46.6 Å². The second kappa shape index (κ2) is 11.1. The van der Waals surface area contributed by atoms with Gasteiger partial charge in [-0.1, -0.05) is 53.5 Å². The van der Waals surface area contributed by atoms with Gasteiger partial charge in [-0.05, 0) is 53.3 Å². The number of para-hydroxylation sites is 1. The van der Waals surface area contributed by atoms with Crippen LogP contribution >= 0.6 is 34.5 Å². The van der Waals surface area contributed by atoms with Crippen LogP contribution in [0.4, 0.5) is 0 Å². The predicted octanol–water partition coefficient (Wildman–Crippen LogP) is 5.62. The summed E-state index contributed by atoms with van der Waals surface area (Å²) in [5.74, 6) is 0.147. The summed E-state index contributed by atoms with van der Waals surface area (Å²) in [6, 6.07) is 16.1. The monoisotopic (exact) mass is 514 g/mol. The first kappa shape index (κ1) is 24.3. The molecule has 4 rings (SSSR count). The summed E-state index contributed by atoms with van der Waals surface area (Å²) in [5.41, 5.74) is 1.87. The van der Waals surface area contributed by atoms with E-state index in [4.69, 9.17) is 27.9 Å². The molecule has 2 amide bonds. The Hall–Kier alpha value is -2.80. The number of benzene rings is 2. The van der Waals surface area contributed by atoms with E-state index < -0.39 is 0 Å². The lowest BCUT2D eigenvalue weighted by atomic mass is 9.93. The van der Waals surface area contributed by atoms with Crippen molar-refractivity contribution < 1.29 is 14.3 Å². The maximum Gasteiger partial charge on any atom is 0.261 e. The topological polar surface area (TPSA) is 49.9 Å². The van der Waals surface area contributed by atoms with Crippen molar-refractivity contribution in [2.75, 3.05) is 26.2 Å². The highest BCUT2D eigenvalue weighted by Crippen LogP contribution is 2.41. The van der Waals surface area contributed by atoms with Gasteiger partial charge in [-0.3, -0.25) is 9.59 Å². The molecular weight excluding hydrogens is 491 g/mol. The maximum absolute atomic E-state index is 13.5. The molecule has 0 saturated carbocycles. The normalized spacial score (nSPS) is 14.9. The van der Waals surface area contributed by atoms with Crippen LogP contribution in [0, 0.1) is 0 Å². The van der Waals surface area contributed by atoms with E-state index in [2.05, 4.69) is 6.58 Å². The van der Waals surface area contributed by atoms with E-state index >= 15 is 0 Å². The van der Waals surface area contributed by atoms with E-state index in [0.29, 0.717) is 22.3 Å². The SMILES string of the molecule is C=CCN(CC(=O)N1CCc2sccc2C1c1ccc(Cl)cc1Cl)C(=O)COc1ccccc1. The molecule has 0 fully saturated rings. The van der Waals surface area contributed by atoms with Crippen LogP contribution in [0.5, 0.6) is 5.75 Å². The Balaban J connectivity index is 1.54. The summed E-state index contributed by atoms with van der Waals surface area (Å²) in [4.78, 5) is 30.9. The average molecular weight is 515 g/mol. The fraction of sp³-hybridized carbons (Fsp3) is 0.231. The first-order valence-corrected chi connectivity index (χ1v) is 12.5. The molecule has 1 unspecified atom stereocenters. The van der Waals surface area contributed by atoms with Crippen LogP contribution < -0.4 is 4.74 Å². The molecule has 3 aromatic rings. The van der Waals surface area contributed by atoms with Gasteiger partial charge in [0.15, 0.2) is 6.61 Å². The first-order valence-electron chi connectivity index (χ1n) is 10.8. The number of hydrogen-bond donors (Lipinski definition) is 0. The van der Waals surface area contributed by atoms with Gasteiger partial charge in [-0.25, -0.2) is 0 Å². The summed E-state index contributed by atoms with van der Waals surface area (Å²) < 4.78 is 5.60. The van der Waals surface area contributed by atoms with E-state index in [9.17, 15) is 9.59 Å². The highest BCUT2D eigenvalue weighted by Gasteiger charge is 2.35. The minimum Gasteiger partial charge on any atom is -0.484 e. The van der Waals surface area contributed by atoms with Gasteiger partial charge in [0.2, 0.25) is 5.91 Å². The van der Waals surface area contributed by atoms with Gasteiger partial charge in [0.05, 0.1) is 6.04 Å². The maximum atomic E-state index is 13.5. The molecule has 0 N–H and O–H groups in total. The van der Waals surface area contributed by atoms with E-state index in [1.165, 1.54) is 9.78 Å². The van der Waals surface area contributed by atoms with Crippen molar-refractivity contribution in [1.29, 1.82) is 0 Å². The van der Waals surface area contributed by atoms with E-state index in [-0.39, 0.29) is 37.6 Å². The summed E-state index contributed by atoms with van der Waals surface area (Å²) in [5, 5.41) is 3.07. The lowest BCUT2D eigenvalue weighted by Gasteiger charge is -2.38. The molecule has 1 aliphatic rings. The first-order chi connectivity index (χ1) is 16.5. The zero-order valence-electron chi connectivity index (χ0n) is 18.5. The molecule has 34 heavy (non-hydrogen) atoms. The second-order valence-electron chi connectivity index (χ2n) is 7.87. The van der Waals surface area contributed by atoms with Gasteiger partial charge >= 0.3 is 0 Å². The van der Waals surface area contributed by atoms with Gasteiger partial charge in [-0.2, -0.15) is 0 Å². The third kappa shape index (κ3) is 5.46. The van der Waals surface area contributed by atoms with Crippen molar-refractivity contribution in [3.8, 4) is 5.75 Å². The average Bonchev–Trinajstić information content (AvgIpc) is 3.31. The molecule has 0 bridgehead atoms. The van der Waals surface area contributed by atoms with Gasteiger partial charge in [0, 0.05) is 28.0 Å². The van der Waals surface area contributed by atoms with Crippen molar-refractivity contribution in [2.24, 2.45) is 0 Å². The fourth-order valence-corrected chi connectivity index (χ4v) is 5.48. The number of thiophene rings is 1. The Kier molecular flexibility index (Phi) is 7.93. The van der Waals surface area contributed by atoms with Crippen LogP contribution in [0.3, 0.4) is 0 Å². The third-order valence-corrected chi connectivity index (χ3v) is 7.24. The Labute approximate surface area is 213 Å². The molecule has 0 saturated heterocycles. The number of ether oxygens (including phenoxy) is 1. The molecule has 1 aromatic heterocycles. The number of rotatable bonds is 8. The summed E-state index contributed by atoms with van der Waals surface area (Å²) in [6.07, 6.45) is 2.36. The molecule has 1 atom stereocenters. The van der Waals surface area contributed by atoms with Crippen LogP contribution in [-0.4, -0.2) is 47.9 Å². The summed E-state index contributed by atoms with van der Waals surface area (Å²) >= 11 is 14.4. The van der Waals surface area contributed by atoms with Gasteiger partial charge in [-0.15, -0.1) is 17.9 Å².